The van der Waals surface area contributed by atoms with Crippen LogP contribution in [-0.2, 0) is 13.0 Å². The first kappa shape index (κ1) is 14.1. The van der Waals surface area contributed by atoms with Crippen molar-refractivity contribution >= 4 is 5.91 Å². The van der Waals surface area contributed by atoms with E-state index in [9.17, 15) is 4.79 Å². The summed E-state index contributed by atoms with van der Waals surface area (Å²) < 4.78 is 2.09. The zero-order valence-electron chi connectivity index (χ0n) is 11.9. The van der Waals surface area contributed by atoms with Gasteiger partial charge in [-0.25, -0.2) is 0 Å². The van der Waals surface area contributed by atoms with Gasteiger partial charge in [-0.05, 0) is 19.4 Å². The van der Waals surface area contributed by atoms with Gasteiger partial charge in [-0.1, -0.05) is 19.1 Å². The molecule has 0 bridgehead atoms. The molecule has 2 heterocycles. The molecule has 0 unspecified atom stereocenters. The normalized spacial score (nSPS) is 10.5. The molecule has 0 saturated carbocycles. The lowest BCUT2D eigenvalue weighted by atomic mass is 10.0. The number of carbonyl (C=O) groups is 1. The molecule has 0 saturated heterocycles. The molecule has 2 aromatic rings. The van der Waals surface area contributed by atoms with Gasteiger partial charge in [-0.2, -0.15) is 0 Å². The third-order valence-corrected chi connectivity index (χ3v) is 3.47. The molecule has 0 aromatic carbocycles. The summed E-state index contributed by atoms with van der Waals surface area (Å²) >= 11 is 0. The van der Waals surface area contributed by atoms with E-state index < -0.39 is 5.91 Å². The summed E-state index contributed by atoms with van der Waals surface area (Å²) in [4.78, 5) is 16.0. The Balaban J connectivity index is 2.80. The number of nitrogens with zero attached hydrogens (tertiary/aromatic N) is 2. The van der Waals surface area contributed by atoms with Crippen LogP contribution < -0.4 is 5.73 Å². The van der Waals surface area contributed by atoms with E-state index >= 15 is 0 Å². The fourth-order valence-electron chi connectivity index (χ4n) is 2.66. The molecule has 0 atom stereocenters. The second-order valence-electron chi connectivity index (χ2n) is 4.64. The SMILES string of the molecule is C=CCn1c(C)c(C(N)=O)c(-c2cccnc2)c1CC. The second-order valence-corrected chi connectivity index (χ2v) is 4.64. The molecular weight excluding hydrogens is 250 g/mol. The van der Waals surface area contributed by atoms with E-state index in [1.807, 2.05) is 25.1 Å². The van der Waals surface area contributed by atoms with Crippen LogP contribution in [0.2, 0.25) is 0 Å². The van der Waals surface area contributed by atoms with E-state index in [2.05, 4.69) is 23.1 Å². The number of allylic oxidation sites excluding steroid dienone is 1. The average Bonchev–Trinajstić information content (AvgIpc) is 2.73. The molecule has 0 aliphatic heterocycles. The van der Waals surface area contributed by atoms with E-state index in [-0.39, 0.29) is 0 Å². The highest BCUT2D eigenvalue weighted by Gasteiger charge is 2.23. The van der Waals surface area contributed by atoms with Crippen molar-refractivity contribution in [3.05, 3.63) is 54.1 Å². The number of amides is 1. The first-order valence-electron chi connectivity index (χ1n) is 6.64. The van der Waals surface area contributed by atoms with Crippen molar-refractivity contribution in [2.45, 2.75) is 26.8 Å². The summed E-state index contributed by atoms with van der Waals surface area (Å²) in [7, 11) is 0. The van der Waals surface area contributed by atoms with E-state index in [1.165, 1.54) is 0 Å². The Labute approximate surface area is 118 Å². The summed E-state index contributed by atoms with van der Waals surface area (Å²) in [5.41, 5.74) is 9.95. The molecule has 104 valence electrons. The van der Waals surface area contributed by atoms with Gasteiger partial charge in [-0.15, -0.1) is 6.58 Å². The topological polar surface area (TPSA) is 60.9 Å². The Kier molecular flexibility index (Phi) is 4.03. The molecule has 0 spiro atoms. The number of primary amides is 1. The van der Waals surface area contributed by atoms with Crippen LogP contribution in [0.3, 0.4) is 0 Å². The average molecular weight is 269 g/mol. The van der Waals surface area contributed by atoms with E-state index in [0.717, 1.165) is 28.9 Å². The molecule has 4 heteroatoms. The highest BCUT2D eigenvalue weighted by Crippen LogP contribution is 2.32. The fraction of sp³-hybridized carbons (Fsp3) is 0.250. The third-order valence-electron chi connectivity index (χ3n) is 3.47. The number of nitrogens with two attached hydrogens (primary N) is 1. The van der Waals surface area contributed by atoms with Crippen molar-refractivity contribution in [3.8, 4) is 11.1 Å². The van der Waals surface area contributed by atoms with Crippen molar-refractivity contribution in [1.82, 2.24) is 9.55 Å². The van der Waals surface area contributed by atoms with E-state index in [1.54, 1.807) is 12.4 Å². The summed E-state index contributed by atoms with van der Waals surface area (Å²) in [6, 6.07) is 3.81. The molecule has 4 nitrogen and oxygen atoms in total. The number of pyridine rings is 1. The Hall–Kier alpha value is -2.36. The largest absolute Gasteiger partial charge is 0.366 e. The number of carbonyl (C=O) groups excluding carboxylic acids is 1. The lowest BCUT2D eigenvalue weighted by Gasteiger charge is -2.09. The monoisotopic (exact) mass is 269 g/mol. The van der Waals surface area contributed by atoms with E-state index in [4.69, 9.17) is 5.73 Å². The van der Waals surface area contributed by atoms with Gasteiger partial charge in [0.05, 0.1) is 5.56 Å². The first-order chi connectivity index (χ1) is 9.61. The minimum atomic E-state index is -0.404. The molecule has 0 fully saturated rings. The lowest BCUT2D eigenvalue weighted by molar-refractivity contribution is 0.1000. The van der Waals surface area contributed by atoms with Crippen molar-refractivity contribution in [2.24, 2.45) is 5.73 Å². The van der Waals surface area contributed by atoms with Gasteiger partial charge >= 0.3 is 0 Å². The molecule has 2 N–H and O–H groups in total. The quantitative estimate of drug-likeness (QED) is 0.848. The van der Waals surface area contributed by atoms with E-state index in [0.29, 0.717) is 12.1 Å². The molecule has 1 amide bonds. The molecule has 0 aliphatic carbocycles. The van der Waals surface area contributed by atoms with Crippen LogP contribution >= 0.6 is 0 Å². The van der Waals surface area contributed by atoms with Crippen LogP contribution in [0, 0.1) is 6.92 Å². The van der Waals surface area contributed by atoms with Gasteiger partial charge < -0.3 is 10.3 Å². The van der Waals surface area contributed by atoms with Crippen LogP contribution in [0.5, 0.6) is 0 Å². The Morgan fingerprint density at radius 3 is 2.80 bits per heavy atom. The molecule has 2 rings (SSSR count). The molecule has 0 aliphatic rings. The van der Waals surface area contributed by atoms with Crippen LogP contribution in [0.15, 0.2) is 37.2 Å². The summed E-state index contributed by atoms with van der Waals surface area (Å²) in [6.45, 7) is 8.43. The third kappa shape index (κ3) is 2.25. The van der Waals surface area contributed by atoms with Crippen molar-refractivity contribution in [3.63, 3.8) is 0 Å². The van der Waals surface area contributed by atoms with Crippen LogP contribution in [-0.4, -0.2) is 15.5 Å². The van der Waals surface area contributed by atoms with Crippen molar-refractivity contribution < 1.29 is 4.79 Å². The number of aromatic nitrogens is 2. The summed E-state index contributed by atoms with van der Waals surface area (Å²) in [5.74, 6) is -0.404. The predicted molar refractivity (Wildman–Crippen MR) is 80.5 cm³/mol. The molecule has 2 aromatic heterocycles. The molecular formula is C16H19N3O. The summed E-state index contributed by atoms with van der Waals surface area (Å²) in [5, 5.41) is 0. The molecule has 0 radical (unpaired) electrons. The predicted octanol–water partition coefficient (Wildman–Crippen LogP) is 2.71. The van der Waals surface area contributed by atoms with Gasteiger partial charge in [0.15, 0.2) is 0 Å². The maximum atomic E-state index is 11.9. The van der Waals surface area contributed by atoms with Crippen molar-refractivity contribution in [2.75, 3.05) is 0 Å². The van der Waals surface area contributed by atoms with Gasteiger partial charge in [-0.3, -0.25) is 9.78 Å². The fourth-order valence-corrected chi connectivity index (χ4v) is 2.66. The standard InChI is InChI=1S/C16H19N3O/c1-4-9-19-11(3)14(16(17)20)15(13(19)5-2)12-7-6-8-18-10-12/h4,6-8,10H,1,5,9H2,2-3H3,(H2,17,20). The lowest BCUT2D eigenvalue weighted by Crippen LogP contribution is -2.13. The minimum Gasteiger partial charge on any atom is -0.366 e. The van der Waals surface area contributed by atoms with Crippen LogP contribution in [0.4, 0.5) is 0 Å². The van der Waals surface area contributed by atoms with Gasteiger partial charge in [0.25, 0.3) is 5.91 Å². The highest BCUT2D eigenvalue weighted by molar-refractivity contribution is 6.02. The van der Waals surface area contributed by atoms with Crippen molar-refractivity contribution in [1.29, 1.82) is 0 Å². The Morgan fingerprint density at radius 1 is 1.55 bits per heavy atom. The number of hydrogen-bond acceptors (Lipinski definition) is 2. The van der Waals surface area contributed by atoms with Gasteiger partial charge in [0.1, 0.15) is 0 Å². The number of hydrogen-bond donors (Lipinski definition) is 1. The zero-order valence-corrected chi connectivity index (χ0v) is 11.9. The first-order valence-corrected chi connectivity index (χ1v) is 6.64. The maximum absolute atomic E-state index is 11.9. The molecule has 20 heavy (non-hydrogen) atoms. The number of rotatable bonds is 5. The Morgan fingerprint density at radius 2 is 2.30 bits per heavy atom. The zero-order chi connectivity index (χ0) is 14.7. The van der Waals surface area contributed by atoms with Gasteiger partial charge in [0.2, 0.25) is 0 Å². The smallest absolute Gasteiger partial charge is 0.251 e. The minimum absolute atomic E-state index is 0.404. The summed E-state index contributed by atoms with van der Waals surface area (Å²) in [6.07, 6.45) is 6.11. The highest BCUT2D eigenvalue weighted by atomic mass is 16.1. The second kappa shape index (κ2) is 5.74. The van der Waals surface area contributed by atoms with Crippen LogP contribution in [0.25, 0.3) is 11.1 Å². The maximum Gasteiger partial charge on any atom is 0.251 e. The Bertz CT molecular complexity index is 641. The van der Waals surface area contributed by atoms with Gasteiger partial charge in [0, 0.05) is 41.5 Å². The van der Waals surface area contributed by atoms with Crippen LogP contribution in [0.1, 0.15) is 28.7 Å².